The summed E-state index contributed by atoms with van der Waals surface area (Å²) < 4.78 is 28.5. The molecule has 0 spiro atoms. The normalized spacial score (nSPS) is 11.2. The second-order valence-corrected chi connectivity index (χ2v) is 7.78. The number of hydrogen-bond acceptors (Lipinski definition) is 6. The van der Waals surface area contributed by atoms with Crippen molar-refractivity contribution >= 4 is 27.1 Å². The summed E-state index contributed by atoms with van der Waals surface area (Å²) >= 11 is 1.38. The molecule has 23 heavy (non-hydrogen) atoms. The molecule has 0 atom stereocenters. The van der Waals surface area contributed by atoms with E-state index in [0.29, 0.717) is 31.0 Å². The second-order valence-electron chi connectivity index (χ2n) is 5.05. The molecular formula is C15H18N2O4S2. The summed E-state index contributed by atoms with van der Waals surface area (Å²) in [5.74, 6) is 0.381. The molecule has 0 saturated heterocycles. The summed E-state index contributed by atoms with van der Waals surface area (Å²) in [6.45, 7) is 0.921. The Morgan fingerprint density at radius 1 is 1.39 bits per heavy atom. The largest absolute Gasteiger partial charge is 0.493 e. The number of benzene rings is 1. The first kappa shape index (κ1) is 17.4. The van der Waals surface area contributed by atoms with Gasteiger partial charge >= 0.3 is 0 Å². The van der Waals surface area contributed by atoms with Gasteiger partial charge in [0, 0.05) is 25.2 Å². The predicted octanol–water partition coefficient (Wildman–Crippen LogP) is 2.09. The van der Waals surface area contributed by atoms with Crippen LogP contribution in [0.1, 0.15) is 16.9 Å². The van der Waals surface area contributed by atoms with Gasteiger partial charge in [-0.2, -0.15) is 0 Å². The Morgan fingerprint density at radius 3 is 2.83 bits per heavy atom. The highest BCUT2D eigenvalue weighted by Gasteiger charge is 2.13. The lowest BCUT2D eigenvalue weighted by atomic mass is 10.3. The summed E-state index contributed by atoms with van der Waals surface area (Å²) in [6.07, 6.45) is 1.79. The quantitative estimate of drug-likeness (QED) is 0.712. The molecule has 0 radical (unpaired) electrons. The molecule has 124 valence electrons. The van der Waals surface area contributed by atoms with E-state index in [4.69, 9.17) is 4.74 Å². The third-order valence-corrected chi connectivity index (χ3v) is 4.84. The van der Waals surface area contributed by atoms with Crippen molar-refractivity contribution < 1.29 is 17.9 Å². The third-order valence-electron chi connectivity index (χ3n) is 3.14. The van der Waals surface area contributed by atoms with E-state index < -0.39 is 9.84 Å². The van der Waals surface area contributed by atoms with Crippen LogP contribution in [0.2, 0.25) is 0 Å². The lowest BCUT2D eigenvalue weighted by Gasteiger charge is -2.16. The Labute approximate surface area is 139 Å². The fourth-order valence-electron chi connectivity index (χ4n) is 1.90. The van der Waals surface area contributed by atoms with Crippen molar-refractivity contribution in [2.75, 3.05) is 26.5 Å². The Hall–Kier alpha value is -1.93. The van der Waals surface area contributed by atoms with Crippen LogP contribution in [0, 0.1) is 0 Å². The Balaban J connectivity index is 1.80. The van der Waals surface area contributed by atoms with Crippen LogP contribution in [-0.4, -0.2) is 50.7 Å². The molecule has 0 aliphatic rings. The van der Waals surface area contributed by atoms with Gasteiger partial charge in [0.25, 0.3) is 5.91 Å². The van der Waals surface area contributed by atoms with Crippen molar-refractivity contribution in [1.82, 2.24) is 9.88 Å². The molecule has 0 unspecified atom stereocenters. The number of ether oxygens (including phenoxy) is 1. The fraction of sp³-hybridized carbons (Fsp3) is 0.333. The molecule has 1 aromatic carbocycles. The van der Waals surface area contributed by atoms with Crippen molar-refractivity contribution in [2.24, 2.45) is 0 Å². The van der Waals surface area contributed by atoms with Crippen LogP contribution in [-0.2, 0) is 9.84 Å². The summed E-state index contributed by atoms with van der Waals surface area (Å²) in [5, 5.41) is 1.71. The Bertz CT molecular complexity index is 758. The molecule has 1 aromatic heterocycles. The van der Waals surface area contributed by atoms with Crippen LogP contribution >= 0.6 is 11.3 Å². The minimum Gasteiger partial charge on any atom is -0.493 e. The van der Waals surface area contributed by atoms with Gasteiger partial charge in [-0.25, -0.2) is 13.4 Å². The molecule has 0 aliphatic heterocycles. The molecule has 1 amide bonds. The van der Waals surface area contributed by atoms with Crippen LogP contribution in [0.15, 0.2) is 40.1 Å². The molecule has 0 bridgehead atoms. The highest BCUT2D eigenvalue weighted by Crippen LogP contribution is 2.17. The molecule has 6 nitrogen and oxygen atoms in total. The van der Waals surface area contributed by atoms with Crippen LogP contribution in [0.5, 0.6) is 5.75 Å². The average molecular weight is 354 g/mol. The molecule has 2 rings (SSSR count). The zero-order valence-electron chi connectivity index (χ0n) is 12.9. The topological polar surface area (TPSA) is 76.6 Å². The number of rotatable bonds is 7. The number of hydrogen-bond donors (Lipinski definition) is 0. The number of sulfone groups is 1. The van der Waals surface area contributed by atoms with Crippen molar-refractivity contribution in [1.29, 1.82) is 0 Å². The van der Waals surface area contributed by atoms with Gasteiger partial charge in [0.15, 0.2) is 9.84 Å². The zero-order chi connectivity index (χ0) is 16.9. The van der Waals surface area contributed by atoms with E-state index in [0.717, 1.165) is 6.26 Å². The number of thiazole rings is 1. The molecule has 2 aromatic rings. The van der Waals surface area contributed by atoms with Gasteiger partial charge in [-0.05, 0) is 24.6 Å². The number of carbonyl (C=O) groups excluding carboxylic acids is 1. The van der Waals surface area contributed by atoms with Crippen molar-refractivity contribution in [3.05, 3.63) is 40.8 Å². The highest BCUT2D eigenvalue weighted by atomic mass is 32.2. The summed E-state index contributed by atoms with van der Waals surface area (Å²) in [7, 11) is -1.53. The fourth-order valence-corrected chi connectivity index (χ4v) is 3.08. The van der Waals surface area contributed by atoms with Crippen LogP contribution in [0.25, 0.3) is 0 Å². The SMILES string of the molecule is CN(CCCOc1cccc(S(C)(=O)=O)c1)C(=O)c1cscn1. The molecular weight excluding hydrogens is 336 g/mol. The van der Waals surface area contributed by atoms with Gasteiger partial charge in [0.2, 0.25) is 0 Å². The predicted molar refractivity (Wildman–Crippen MR) is 88.7 cm³/mol. The van der Waals surface area contributed by atoms with Crippen LogP contribution in [0.3, 0.4) is 0 Å². The highest BCUT2D eigenvalue weighted by molar-refractivity contribution is 7.90. The summed E-state index contributed by atoms with van der Waals surface area (Å²) in [6, 6.07) is 6.38. The molecule has 1 heterocycles. The van der Waals surface area contributed by atoms with Crippen molar-refractivity contribution in [3.63, 3.8) is 0 Å². The van der Waals surface area contributed by atoms with Crippen molar-refractivity contribution in [3.8, 4) is 5.75 Å². The van der Waals surface area contributed by atoms with Gasteiger partial charge < -0.3 is 9.64 Å². The maximum Gasteiger partial charge on any atom is 0.273 e. The van der Waals surface area contributed by atoms with Crippen LogP contribution in [0.4, 0.5) is 0 Å². The summed E-state index contributed by atoms with van der Waals surface area (Å²) in [4.78, 5) is 17.8. The minimum absolute atomic E-state index is 0.120. The lowest BCUT2D eigenvalue weighted by molar-refractivity contribution is 0.0783. The Morgan fingerprint density at radius 2 is 2.17 bits per heavy atom. The standard InChI is InChI=1S/C15H18N2O4S2/c1-17(15(18)14-10-22-11-16-14)7-4-8-21-12-5-3-6-13(9-12)23(2,19)20/h3,5-6,9-11H,4,7-8H2,1-2H3. The van der Waals surface area contributed by atoms with E-state index in [1.165, 1.54) is 23.5 Å². The number of aromatic nitrogens is 1. The monoisotopic (exact) mass is 354 g/mol. The van der Waals surface area contributed by atoms with E-state index in [-0.39, 0.29) is 10.8 Å². The summed E-state index contributed by atoms with van der Waals surface area (Å²) in [5.41, 5.74) is 2.07. The molecule has 0 aliphatic carbocycles. The van der Waals surface area contributed by atoms with Gasteiger partial charge in [-0.15, -0.1) is 11.3 Å². The van der Waals surface area contributed by atoms with Crippen molar-refractivity contribution in [2.45, 2.75) is 11.3 Å². The second kappa shape index (κ2) is 7.56. The zero-order valence-corrected chi connectivity index (χ0v) is 14.6. The number of amides is 1. The third kappa shape index (κ3) is 5.04. The van der Waals surface area contributed by atoms with E-state index in [2.05, 4.69) is 4.98 Å². The molecule has 8 heteroatoms. The first-order valence-electron chi connectivity index (χ1n) is 6.94. The van der Waals surface area contributed by atoms with E-state index in [1.807, 2.05) is 0 Å². The van der Waals surface area contributed by atoms with E-state index in [9.17, 15) is 13.2 Å². The molecule has 0 N–H and O–H groups in total. The smallest absolute Gasteiger partial charge is 0.273 e. The van der Waals surface area contributed by atoms with E-state index >= 15 is 0 Å². The first-order valence-corrected chi connectivity index (χ1v) is 9.78. The van der Waals surface area contributed by atoms with Gasteiger partial charge in [-0.3, -0.25) is 4.79 Å². The van der Waals surface area contributed by atoms with Gasteiger partial charge in [0.1, 0.15) is 11.4 Å². The number of carbonyl (C=O) groups is 1. The first-order chi connectivity index (χ1) is 10.9. The lowest BCUT2D eigenvalue weighted by Crippen LogP contribution is -2.28. The average Bonchev–Trinajstić information content (AvgIpc) is 3.04. The molecule has 0 fully saturated rings. The van der Waals surface area contributed by atoms with Crippen LogP contribution < -0.4 is 4.74 Å². The maximum atomic E-state index is 12.0. The maximum absolute atomic E-state index is 12.0. The van der Waals surface area contributed by atoms with Gasteiger partial charge in [-0.1, -0.05) is 6.07 Å². The Kier molecular flexibility index (Phi) is 5.73. The minimum atomic E-state index is -3.24. The number of nitrogens with zero attached hydrogens (tertiary/aromatic N) is 2. The van der Waals surface area contributed by atoms with Gasteiger partial charge in [0.05, 0.1) is 17.0 Å². The van der Waals surface area contributed by atoms with E-state index in [1.54, 1.807) is 35.0 Å². The molecule has 0 saturated carbocycles.